The molecule has 2 saturated carbocycles. The van der Waals surface area contributed by atoms with Crippen LogP contribution in [0.2, 0.25) is 0 Å². The molecule has 4 N–H and O–H groups in total. The zero-order chi connectivity index (χ0) is 15.2. The zero-order valence-corrected chi connectivity index (χ0v) is 12.5. The molecule has 0 aromatic rings. The van der Waals surface area contributed by atoms with Crippen LogP contribution < -0.4 is 11.5 Å². The van der Waals surface area contributed by atoms with Crippen molar-refractivity contribution in [2.24, 2.45) is 35.1 Å². The Morgan fingerprint density at radius 2 is 2.14 bits per heavy atom. The Kier molecular flexibility index (Phi) is 3.67. The van der Waals surface area contributed by atoms with Crippen molar-refractivity contribution < 1.29 is 14.3 Å². The van der Waals surface area contributed by atoms with Crippen molar-refractivity contribution in [3.8, 4) is 0 Å². The number of allylic oxidation sites excluding steroid dienone is 1. The predicted molar refractivity (Wildman–Crippen MR) is 79.0 cm³/mol. The first-order valence-corrected chi connectivity index (χ1v) is 7.61. The number of hydrogen-bond acceptors (Lipinski definition) is 5. The van der Waals surface area contributed by atoms with E-state index in [1.54, 1.807) is 6.92 Å². The summed E-state index contributed by atoms with van der Waals surface area (Å²) in [4.78, 5) is 11.3. The van der Waals surface area contributed by atoms with Gasteiger partial charge in [-0.1, -0.05) is 18.7 Å². The Labute approximate surface area is 125 Å². The first kappa shape index (κ1) is 14.8. The quantitative estimate of drug-likeness (QED) is 0.259. The Bertz CT molecular complexity index is 486. The van der Waals surface area contributed by atoms with Gasteiger partial charge in [-0.2, -0.15) is 0 Å². The number of carbonyl (C=O) groups excluding carboxylic acids is 1. The van der Waals surface area contributed by atoms with E-state index in [0.717, 1.165) is 12.8 Å². The third-order valence-corrected chi connectivity index (χ3v) is 5.19. The molecule has 116 valence electrons. The predicted octanol–water partition coefficient (Wildman–Crippen LogP) is 0.947. The summed E-state index contributed by atoms with van der Waals surface area (Å²) >= 11 is 0. The monoisotopic (exact) mass is 292 g/mol. The van der Waals surface area contributed by atoms with Gasteiger partial charge in [-0.25, -0.2) is 4.79 Å². The molecule has 2 bridgehead atoms. The maximum absolute atomic E-state index is 11.3. The average Bonchev–Trinajstić information content (AvgIpc) is 3.06. The van der Waals surface area contributed by atoms with Crippen LogP contribution in [0.3, 0.4) is 0 Å². The second-order valence-electron chi connectivity index (χ2n) is 6.68. The number of ether oxygens (including phenoxy) is 2. The lowest BCUT2D eigenvalue weighted by molar-refractivity contribution is -0.141. The fraction of sp³-hybridized carbons (Fsp3) is 0.688. The topological polar surface area (TPSA) is 87.6 Å². The average molecular weight is 292 g/mol. The highest BCUT2D eigenvalue weighted by molar-refractivity contribution is 5.86. The Morgan fingerprint density at radius 1 is 1.38 bits per heavy atom. The van der Waals surface area contributed by atoms with Gasteiger partial charge in [-0.05, 0) is 37.5 Å². The summed E-state index contributed by atoms with van der Waals surface area (Å²) in [5.41, 5.74) is 12.1. The molecule has 0 aromatic heterocycles. The fourth-order valence-electron chi connectivity index (χ4n) is 4.39. The van der Waals surface area contributed by atoms with Gasteiger partial charge in [-0.3, -0.25) is 0 Å². The molecule has 0 saturated heterocycles. The first-order chi connectivity index (χ1) is 9.90. The molecule has 5 unspecified atom stereocenters. The second-order valence-corrected chi connectivity index (χ2v) is 6.68. The summed E-state index contributed by atoms with van der Waals surface area (Å²) in [7, 11) is 0. The number of rotatable bonds is 5. The Morgan fingerprint density at radius 3 is 2.86 bits per heavy atom. The largest absolute Gasteiger partial charge is 0.460 e. The molecule has 3 aliphatic carbocycles. The van der Waals surface area contributed by atoms with Gasteiger partial charge in [0.05, 0.1) is 18.4 Å². The van der Waals surface area contributed by atoms with Gasteiger partial charge in [0.25, 0.3) is 0 Å². The van der Waals surface area contributed by atoms with Gasteiger partial charge in [0.2, 0.25) is 0 Å². The van der Waals surface area contributed by atoms with Crippen LogP contribution in [0.5, 0.6) is 0 Å². The Balaban J connectivity index is 1.47. The molecule has 5 atom stereocenters. The van der Waals surface area contributed by atoms with E-state index < -0.39 is 5.66 Å². The lowest BCUT2D eigenvalue weighted by Gasteiger charge is -2.37. The van der Waals surface area contributed by atoms with Crippen LogP contribution in [-0.2, 0) is 14.3 Å². The summed E-state index contributed by atoms with van der Waals surface area (Å²) in [6, 6.07) is 0. The zero-order valence-electron chi connectivity index (χ0n) is 12.5. The van der Waals surface area contributed by atoms with E-state index in [1.165, 1.54) is 0 Å². The van der Waals surface area contributed by atoms with Crippen LogP contribution in [0.1, 0.15) is 19.8 Å². The van der Waals surface area contributed by atoms with E-state index >= 15 is 0 Å². The first-order valence-electron chi connectivity index (χ1n) is 7.61. The summed E-state index contributed by atoms with van der Waals surface area (Å²) in [6.45, 7) is 5.90. The molecule has 5 nitrogen and oxygen atoms in total. The lowest BCUT2D eigenvalue weighted by Crippen LogP contribution is -2.55. The maximum atomic E-state index is 11.3. The number of hydrogen-bond donors (Lipinski definition) is 2. The van der Waals surface area contributed by atoms with Crippen molar-refractivity contribution in [1.29, 1.82) is 0 Å². The summed E-state index contributed by atoms with van der Waals surface area (Å²) < 4.78 is 11.0. The van der Waals surface area contributed by atoms with Gasteiger partial charge in [0.15, 0.2) is 0 Å². The number of nitrogens with two attached hydrogens (primary N) is 2. The van der Waals surface area contributed by atoms with Crippen molar-refractivity contribution in [3.63, 3.8) is 0 Å². The summed E-state index contributed by atoms with van der Waals surface area (Å²) in [6.07, 6.45) is 6.52. The molecule has 0 spiro atoms. The van der Waals surface area contributed by atoms with Crippen molar-refractivity contribution in [1.82, 2.24) is 0 Å². The van der Waals surface area contributed by atoms with Crippen LogP contribution >= 0.6 is 0 Å². The highest BCUT2D eigenvalue weighted by Crippen LogP contribution is 2.58. The molecule has 0 amide bonds. The van der Waals surface area contributed by atoms with E-state index in [9.17, 15) is 4.79 Å². The Hall–Kier alpha value is -1.17. The summed E-state index contributed by atoms with van der Waals surface area (Å²) in [5.74, 6) is 1.50. The van der Waals surface area contributed by atoms with E-state index in [2.05, 4.69) is 12.7 Å². The highest BCUT2D eigenvalue weighted by Gasteiger charge is 2.58. The molecule has 2 fully saturated rings. The number of carbonyl (C=O) groups is 1. The molecule has 3 aliphatic rings. The molecule has 0 aliphatic heterocycles. The molecule has 5 heteroatoms. The minimum absolute atomic E-state index is 0.235. The van der Waals surface area contributed by atoms with Gasteiger partial charge < -0.3 is 20.9 Å². The van der Waals surface area contributed by atoms with Crippen molar-refractivity contribution in [2.75, 3.05) is 13.2 Å². The minimum atomic E-state index is -0.647. The summed E-state index contributed by atoms with van der Waals surface area (Å²) in [5, 5.41) is 0. The molecule has 0 aromatic carbocycles. The van der Waals surface area contributed by atoms with Gasteiger partial charge in [-0.15, -0.1) is 0 Å². The number of esters is 1. The van der Waals surface area contributed by atoms with E-state index in [0.29, 0.717) is 35.9 Å². The van der Waals surface area contributed by atoms with Crippen molar-refractivity contribution >= 4 is 5.97 Å². The standard InChI is InChI=1S/C16H24N2O3/c1-9(2)15(19)21-6-5-20-13-8-10-7-12(13)11-3-4-16(17,18)14(10)11/h3-4,10-14H,1,5-8,17-18H2,2H3. The molecule has 3 rings (SSSR count). The molecular weight excluding hydrogens is 268 g/mol. The van der Waals surface area contributed by atoms with E-state index in [-0.39, 0.29) is 18.7 Å². The smallest absolute Gasteiger partial charge is 0.333 e. The fourth-order valence-corrected chi connectivity index (χ4v) is 4.39. The third-order valence-electron chi connectivity index (χ3n) is 5.19. The molecule has 21 heavy (non-hydrogen) atoms. The maximum Gasteiger partial charge on any atom is 0.333 e. The van der Waals surface area contributed by atoms with Crippen molar-refractivity contribution in [3.05, 3.63) is 24.3 Å². The minimum Gasteiger partial charge on any atom is -0.460 e. The van der Waals surface area contributed by atoms with E-state index in [1.807, 2.05) is 6.08 Å². The van der Waals surface area contributed by atoms with Gasteiger partial charge in [0, 0.05) is 11.5 Å². The van der Waals surface area contributed by atoms with Gasteiger partial charge in [0.1, 0.15) is 6.61 Å². The number of fused-ring (bicyclic) bond motifs is 5. The molecule has 0 heterocycles. The highest BCUT2D eigenvalue weighted by atomic mass is 16.6. The lowest BCUT2D eigenvalue weighted by atomic mass is 9.76. The van der Waals surface area contributed by atoms with Crippen molar-refractivity contribution in [2.45, 2.75) is 31.5 Å². The van der Waals surface area contributed by atoms with Crippen LogP contribution in [0.4, 0.5) is 0 Å². The van der Waals surface area contributed by atoms with Crippen LogP contribution in [-0.4, -0.2) is 30.9 Å². The van der Waals surface area contributed by atoms with E-state index in [4.69, 9.17) is 20.9 Å². The molecule has 0 radical (unpaired) electrons. The van der Waals surface area contributed by atoms with Crippen LogP contribution in [0, 0.1) is 23.7 Å². The normalized spacial score (nSPS) is 38.5. The van der Waals surface area contributed by atoms with Crippen LogP contribution in [0.15, 0.2) is 24.3 Å². The molecular formula is C16H24N2O3. The van der Waals surface area contributed by atoms with Crippen LogP contribution in [0.25, 0.3) is 0 Å². The second kappa shape index (κ2) is 5.23. The van der Waals surface area contributed by atoms with Gasteiger partial charge >= 0.3 is 5.97 Å². The SMILES string of the molecule is C=C(C)C(=O)OCCOC1CC2CC1C1C=CC(N)(N)C21. The third kappa shape index (κ3) is 2.54.